The molecule has 1 N–H and O–H groups in total. The number of esters is 1. The molecule has 0 saturated carbocycles. The molecular weight excluding hydrogens is 757 g/mol. The third-order valence-electron chi connectivity index (χ3n) is 4.83. The molecule has 0 aliphatic carbocycles. The Labute approximate surface area is 246 Å². The Morgan fingerprint density at radius 3 is 2.53 bits per heavy atom. The predicted octanol–water partition coefficient (Wildman–Crippen LogP) is 5.27. The van der Waals surface area contributed by atoms with Crippen molar-refractivity contribution in [2.75, 3.05) is 12.9 Å². The molecule has 0 spiro atoms. The van der Waals surface area contributed by atoms with Gasteiger partial charge in [0.15, 0.2) is 0 Å². The summed E-state index contributed by atoms with van der Waals surface area (Å²) in [5.41, 5.74) is 0.663. The zero-order chi connectivity index (χ0) is 26.4. The topological polar surface area (TPSA) is 110 Å². The number of nitriles is 1. The molecule has 8 nitrogen and oxygen atoms in total. The zero-order valence-electron chi connectivity index (χ0n) is 18.6. The molecule has 14 heteroatoms. The molecule has 0 saturated heterocycles. The number of aromatic hydroxyl groups is 1. The van der Waals surface area contributed by atoms with Gasteiger partial charge in [-0.25, -0.2) is 14.1 Å². The molecule has 36 heavy (non-hydrogen) atoms. The number of hydrogen-bond donors (Lipinski definition) is 1. The number of halogens is 4. The fourth-order valence-electron chi connectivity index (χ4n) is 3.06. The van der Waals surface area contributed by atoms with E-state index < -0.39 is 11.8 Å². The molecule has 0 atom stereocenters. The quantitative estimate of drug-likeness (QED) is 0.220. The number of carbonyl (C=O) groups excluding carboxylic acids is 1. The summed E-state index contributed by atoms with van der Waals surface area (Å²) in [5, 5.41) is 18.0. The van der Waals surface area contributed by atoms with Crippen molar-refractivity contribution in [3.8, 4) is 11.8 Å². The van der Waals surface area contributed by atoms with Crippen LogP contribution in [0.4, 0.5) is 10.1 Å². The van der Waals surface area contributed by atoms with Gasteiger partial charge in [-0.1, -0.05) is 11.6 Å². The Morgan fingerprint density at radius 1 is 1.28 bits per heavy atom. The molecule has 0 bridgehead atoms. The molecule has 1 aromatic heterocycles. The van der Waals surface area contributed by atoms with Gasteiger partial charge in [-0.15, -0.1) is 11.8 Å². The Hall–Kier alpha value is -1.61. The highest BCUT2D eigenvalue weighted by molar-refractivity contribution is 14.1. The minimum absolute atomic E-state index is 0.0605. The van der Waals surface area contributed by atoms with Gasteiger partial charge in [-0.2, -0.15) is 5.26 Å². The monoisotopic (exact) mass is 774 g/mol. The van der Waals surface area contributed by atoms with Crippen LogP contribution >= 0.6 is 79.9 Å². The number of rotatable bonds is 4. The standard InChI is InChI=1S/C15H15ClFN3O3S2.C7H3I2NO/c1-23-13(21)8-24-12-7-11(10(17)6-9(12)16)18-14-19-4-2-3-5-20(19)15(22)25-14;8-5-1-4(3-10)2-6(9)7(5)11/h6-7H,2-5,8H2,1H3;1-2,11H/b18-14-;. The Balaban J connectivity index is 0.000000275. The Bertz CT molecular complexity index is 1440. The maximum Gasteiger partial charge on any atom is 0.325 e. The normalized spacial score (nSPS) is 12.8. The van der Waals surface area contributed by atoms with Crippen molar-refractivity contribution < 1.29 is 19.0 Å². The number of benzene rings is 2. The molecule has 0 unspecified atom stereocenters. The number of carbonyl (C=O) groups is 1. The van der Waals surface area contributed by atoms with Gasteiger partial charge in [0.05, 0.1) is 36.7 Å². The van der Waals surface area contributed by atoms with Gasteiger partial charge in [0, 0.05) is 18.0 Å². The number of phenols is 1. The fraction of sp³-hybridized carbons (Fsp3) is 0.273. The van der Waals surface area contributed by atoms with E-state index in [1.165, 1.54) is 13.2 Å². The summed E-state index contributed by atoms with van der Waals surface area (Å²) in [6.45, 7) is 1.32. The molecule has 0 fully saturated rings. The highest BCUT2D eigenvalue weighted by Crippen LogP contribution is 2.33. The van der Waals surface area contributed by atoms with Gasteiger partial charge >= 0.3 is 10.8 Å². The first-order chi connectivity index (χ1) is 17.1. The summed E-state index contributed by atoms with van der Waals surface area (Å²) < 4.78 is 23.7. The molecule has 0 amide bonds. The summed E-state index contributed by atoms with van der Waals surface area (Å²) in [7, 11) is 1.30. The number of methoxy groups -OCH3 is 1. The van der Waals surface area contributed by atoms with E-state index in [1.807, 2.05) is 51.3 Å². The van der Waals surface area contributed by atoms with E-state index >= 15 is 0 Å². The van der Waals surface area contributed by atoms with E-state index in [0.717, 1.165) is 42.0 Å². The first-order valence-corrected chi connectivity index (χ1v) is 14.6. The summed E-state index contributed by atoms with van der Waals surface area (Å²) in [6, 6.07) is 7.96. The molecule has 190 valence electrons. The molecule has 1 aliphatic heterocycles. The number of phenolic OH excluding ortho intramolecular Hbond substituents is 1. The average molecular weight is 775 g/mol. The number of ether oxygens (including phenoxy) is 1. The fourth-order valence-corrected chi connectivity index (χ4v) is 6.82. The molecule has 2 heterocycles. The van der Waals surface area contributed by atoms with E-state index in [-0.39, 0.29) is 27.1 Å². The van der Waals surface area contributed by atoms with Crippen molar-refractivity contribution in [1.82, 2.24) is 9.36 Å². The van der Waals surface area contributed by atoms with Crippen LogP contribution in [0.1, 0.15) is 18.4 Å². The number of thioether (sulfide) groups is 1. The molecule has 0 radical (unpaired) electrons. The second kappa shape index (κ2) is 13.3. The van der Waals surface area contributed by atoms with Crippen LogP contribution in [0, 0.1) is 24.3 Å². The molecule has 3 aromatic rings. The second-order valence-corrected chi connectivity index (χ2v) is 11.9. The van der Waals surface area contributed by atoms with Gasteiger partial charge in [0.1, 0.15) is 17.3 Å². The molecule has 4 rings (SSSR count). The minimum atomic E-state index is -0.580. The largest absolute Gasteiger partial charge is 0.506 e. The lowest BCUT2D eigenvalue weighted by Gasteiger charge is -2.15. The number of aromatic nitrogens is 2. The lowest BCUT2D eigenvalue weighted by molar-refractivity contribution is -0.137. The summed E-state index contributed by atoms with van der Waals surface area (Å²) in [6.07, 6.45) is 1.90. The SMILES string of the molecule is COC(=O)CSc1cc(/N=c2\sc(=O)n3n2CCCC3)c(F)cc1Cl.N#Cc1cc(I)c(O)c(I)c1. The third kappa shape index (κ3) is 7.24. The van der Waals surface area contributed by atoms with Crippen LogP contribution in [0.15, 0.2) is 38.9 Å². The van der Waals surface area contributed by atoms with Gasteiger partial charge < -0.3 is 9.84 Å². The minimum Gasteiger partial charge on any atom is -0.506 e. The van der Waals surface area contributed by atoms with Crippen LogP contribution in [-0.4, -0.2) is 33.3 Å². The van der Waals surface area contributed by atoms with Crippen LogP contribution in [0.2, 0.25) is 5.02 Å². The van der Waals surface area contributed by atoms with Crippen molar-refractivity contribution in [2.45, 2.75) is 30.8 Å². The predicted molar refractivity (Wildman–Crippen MR) is 153 cm³/mol. The zero-order valence-corrected chi connectivity index (χ0v) is 25.3. The van der Waals surface area contributed by atoms with Crippen LogP contribution in [-0.2, 0) is 22.6 Å². The van der Waals surface area contributed by atoms with E-state index in [1.54, 1.807) is 21.5 Å². The lowest BCUT2D eigenvalue weighted by Crippen LogP contribution is -2.31. The molecular formula is C22H18ClFI2N4O4S2. The van der Waals surface area contributed by atoms with Gasteiger partial charge in [0.2, 0.25) is 4.80 Å². The van der Waals surface area contributed by atoms with Crippen molar-refractivity contribution in [1.29, 1.82) is 5.26 Å². The molecule has 1 aliphatic rings. The Morgan fingerprint density at radius 2 is 1.92 bits per heavy atom. The van der Waals surface area contributed by atoms with Crippen LogP contribution in [0.25, 0.3) is 0 Å². The summed E-state index contributed by atoms with van der Waals surface area (Å²) in [5.74, 6) is -0.668. The van der Waals surface area contributed by atoms with Gasteiger partial charge in [-0.3, -0.25) is 14.3 Å². The summed E-state index contributed by atoms with van der Waals surface area (Å²) >= 11 is 12.2. The van der Waals surface area contributed by atoms with Crippen molar-refractivity contribution in [3.63, 3.8) is 0 Å². The maximum atomic E-state index is 14.3. The first-order valence-electron chi connectivity index (χ1n) is 10.3. The number of nitrogens with zero attached hydrogens (tertiary/aromatic N) is 4. The van der Waals surface area contributed by atoms with Crippen LogP contribution in [0.5, 0.6) is 5.75 Å². The maximum absolute atomic E-state index is 14.3. The highest BCUT2D eigenvalue weighted by atomic mass is 127. The van der Waals surface area contributed by atoms with Crippen molar-refractivity contribution >= 4 is 91.5 Å². The van der Waals surface area contributed by atoms with E-state index in [4.69, 9.17) is 16.9 Å². The second-order valence-electron chi connectivity index (χ2n) is 7.21. The lowest BCUT2D eigenvalue weighted by atomic mass is 10.2. The van der Waals surface area contributed by atoms with E-state index in [9.17, 15) is 19.1 Å². The summed E-state index contributed by atoms with van der Waals surface area (Å²) in [4.78, 5) is 28.5. The van der Waals surface area contributed by atoms with Gasteiger partial charge in [-0.05, 0) is 93.6 Å². The average Bonchev–Trinajstić information content (AvgIpc) is 3.18. The van der Waals surface area contributed by atoms with Crippen molar-refractivity contribution in [2.24, 2.45) is 4.99 Å². The first kappa shape index (κ1) is 29.0. The third-order valence-corrected chi connectivity index (χ3v) is 8.80. The van der Waals surface area contributed by atoms with E-state index in [2.05, 4.69) is 9.73 Å². The number of hydrogen-bond acceptors (Lipinski definition) is 8. The molecule has 2 aromatic carbocycles. The van der Waals surface area contributed by atoms with E-state index in [0.29, 0.717) is 35.5 Å². The van der Waals surface area contributed by atoms with Crippen LogP contribution < -0.4 is 9.67 Å². The van der Waals surface area contributed by atoms with Crippen molar-refractivity contribution in [3.05, 3.63) is 62.3 Å². The highest BCUT2D eigenvalue weighted by Gasteiger charge is 2.15. The van der Waals surface area contributed by atoms with Gasteiger partial charge in [0.25, 0.3) is 0 Å². The smallest absolute Gasteiger partial charge is 0.325 e. The number of fused-ring (bicyclic) bond motifs is 1. The van der Waals surface area contributed by atoms with Crippen LogP contribution in [0.3, 0.4) is 0 Å². The Kier molecular flexibility index (Phi) is 10.7.